The van der Waals surface area contributed by atoms with Crippen molar-refractivity contribution in [3.8, 4) is 5.75 Å². The summed E-state index contributed by atoms with van der Waals surface area (Å²) in [6.07, 6.45) is 4.78. The first-order valence-electron chi connectivity index (χ1n) is 6.76. The van der Waals surface area contributed by atoms with Gasteiger partial charge in [-0.1, -0.05) is 26.0 Å². The third-order valence-corrected chi connectivity index (χ3v) is 3.22. The van der Waals surface area contributed by atoms with Crippen LogP contribution in [-0.4, -0.2) is 13.2 Å². The Hall–Kier alpha value is -1.18. The number of nitrogens with one attached hydrogen (secondary N) is 1. The van der Waals surface area contributed by atoms with Crippen molar-refractivity contribution in [2.75, 3.05) is 18.5 Å². The van der Waals surface area contributed by atoms with Gasteiger partial charge in [-0.2, -0.15) is 0 Å². The second-order valence-corrected chi connectivity index (χ2v) is 5.21. The van der Waals surface area contributed by atoms with Crippen LogP contribution >= 0.6 is 0 Å². The third kappa shape index (κ3) is 3.39. The van der Waals surface area contributed by atoms with Crippen LogP contribution in [0.1, 0.15) is 38.7 Å². The summed E-state index contributed by atoms with van der Waals surface area (Å²) < 4.78 is 5.89. The van der Waals surface area contributed by atoms with Crippen LogP contribution in [0.3, 0.4) is 0 Å². The van der Waals surface area contributed by atoms with Gasteiger partial charge < -0.3 is 10.1 Å². The maximum absolute atomic E-state index is 5.89. The molecular weight excluding hydrogens is 210 g/mol. The highest BCUT2D eigenvalue weighted by molar-refractivity contribution is 5.63. The topological polar surface area (TPSA) is 21.3 Å². The van der Waals surface area contributed by atoms with Crippen molar-refractivity contribution >= 4 is 5.69 Å². The molecule has 2 nitrogen and oxygen atoms in total. The second-order valence-electron chi connectivity index (χ2n) is 5.21. The van der Waals surface area contributed by atoms with Gasteiger partial charge in [-0.3, -0.25) is 0 Å². The lowest BCUT2D eigenvalue weighted by molar-refractivity contribution is 0.298. The third-order valence-electron chi connectivity index (χ3n) is 3.22. The molecule has 0 spiro atoms. The van der Waals surface area contributed by atoms with Crippen LogP contribution in [0.5, 0.6) is 5.75 Å². The Balaban J connectivity index is 1.92. The Kier molecular flexibility index (Phi) is 4.29. The summed E-state index contributed by atoms with van der Waals surface area (Å²) in [6, 6.07) is 6.37. The van der Waals surface area contributed by atoms with Gasteiger partial charge in [0.1, 0.15) is 5.75 Å². The van der Waals surface area contributed by atoms with Gasteiger partial charge in [0.25, 0.3) is 0 Å². The molecule has 0 saturated carbocycles. The van der Waals surface area contributed by atoms with Crippen LogP contribution in [0.2, 0.25) is 0 Å². The molecular formula is C15H23NO. The molecule has 1 aliphatic heterocycles. The maximum atomic E-state index is 5.89. The minimum atomic E-state index is 0.765. The van der Waals surface area contributed by atoms with Gasteiger partial charge >= 0.3 is 0 Å². The standard InChI is InChI=1S/C15H23NO/c1-12(2)6-5-11-17-14-9-3-7-13-8-4-10-16-15(13)14/h3,7,9,12,16H,4-6,8,10-11H2,1-2H3. The summed E-state index contributed by atoms with van der Waals surface area (Å²) in [5.74, 6) is 1.80. The molecule has 0 radical (unpaired) electrons. The number of hydrogen-bond acceptors (Lipinski definition) is 2. The van der Waals surface area contributed by atoms with E-state index in [1.54, 1.807) is 0 Å². The van der Waals surface area contributed by atoms with Crippen molar-refractivity contribution in [2.24, 2.45) is 5.92 Å². The molecule has 0 unspecified atom stereocenters. The van der Waals surface area contributed by atoms with Gasteiger partial charge in [-0.05, 0) is 43.2 Å². The van der Waals surface area contributed by atoms with E-state index in [1.165, 1.54) is 30.5 Å². The predicted molar refractivity (Wildman–Crippen MR) is 72.8 cm³/mol. The lowest BCUT2D eigenvalue weighted by atomic mass is 10.0. The fourth-order valence-electron chi connectivity index (χ4n) is 2.27. The number of fused-ring (bicyclic) bond motifs is 1. The summed E-state index contributed by atoms with van der Waals surface area (Å²) in [5, 5.41) is 3.46. The van der Waals surface area contributed by atoms with E-state index in [-0.39, 0.29) is 0 Å². The number of aryl methyl sites for hydroxylation is 1. The molecule has 1 N–H and O–H groups in total. The Morgan fingerprint density at radius 3 is 3.06 bits per heavy atom. The van der Waals surface area contributed by atoms with Crippen molar-refractivity contribution in [2.45, 2.75) is 39.5 Å². The van der Waals surface area contributed by atoms with Crippen LogP contribution in [-0.2, 0) is 6.42 Å². The Morgan fingerprint density at radius 2 is 2.24 bits per heavy atom. The van der Waals surface area contributed by atoms with Crippen molar-refractivity contribution in [3.63, 3.8) is 0 Å². The minimum Gasteiger partial charge on any atom is -0.491 e. The number of benzene rings is 1. The number of para-hydroxylation sites is 1. The number of ether oxygens (including phenoxy) is 1. The zero-order valence-corrected chi connectivity index (χ0v) is 11.0. The summed E-state index contributed by atoms with van der Waals surface area (Å²) in [5.41, 5.74) is 2.63. The average molecular weight is 233 g/mol. The van der Waals surface area contributed by atoms with Crippen molar-refractivity contribution < 1.29 is 4.74 Å². The van der Waals surface area contributed by atoms with Crippen LogP contribution in [0.25, 0.3) is 0 Å². The van der Waals surface area contributed by atoms with E-state index in [2.05, 4.69) is 37.4 Å². The summed E-state index contributed by atoms with van der Waals surface area (Å²) in [6.45, 7) is 6.41. The van der Waals surface area contributed by atoms with E-state index in [9.17, 15) is 0 Å². The molecule has 94 valence electrons. The SMILES string of the molecule is CC(C)CCCOc1cccc2c1NCCC2. The monoisotopic (exact) mass is 233 g/mol. The highest BCUT2D eigenvalue weighted by atomic mass is 16.5. The first-order valence-corrected chi connectivity index (χ1v) is 6.76. The van der Waals surface area contributed by atoms with Gasteiger partial charge in [-0.15, -0.1) is 0 Å². The van der Waals surface area contributed by atoms with Crippen molar-refractivity contribution in [1.29, 1.82) is 0 Å². The van der Waals surface area contributed by atoms with Gasteiger partial charge in [0.2, 0.25) is 0 Å². The predicted octanol–water partition coefficient (Wildman–Crippen LogP) is 3.86. The van der Waals surface area contributed by atoms with Gasteiger partial charge in [-0.25, -0.2) is 0 Å². The first kappa shape index (κ1) is 12.3. The maximum Gasteiger partial charge on any atom is 0.142 e. The molecule has 0 amide bonds. The molecule has 2 heteroatoms. The van der Waals surface area contributed by atoms with Crippen LogP contribution in [0.15, 0.2) is 18.2 Å². The molecule has 1 aliphatic rings. The molecule has 1 aromatic rings. The molecule has 0 fully saturated rings. The Morgan fingerprint density at radius 1 is 1.35 bits per heavy atom. The normalized spacial score (nSPS) is 14.3. The minimum absolute atomic E-state index is 0.765. The zero-order valence-electron chi connectivity index (χ0n) is 11.0. The lowest BCUT2D eigenvalue weighted by Crippen LogP contribution is -2.13. The van der Waals surface area contributed by atoms with Crippen molar-refractivity contribution in [1.82, 2.24) is 0 Å². The molecule has 0 bridgehead atoms. The largest absolute Gasteiger partial charge is 0.491 e. The van der Waals surface area contributed by atoms with E-state index in [1.807, 2.05) is 0 Å². The first-order chi connectivity index (χ1) is 8.27. The highest BCUT2D eigenvalue weighted by Gasteiger charge is 2.12. The summed E-state index contributed by atoms with van der Waals surface area (Å²) in [7, 11) is 0. The number of anilines is 1. The summed E-state index contributed by atoms with van der Waals surface area (Å²) in [4.78, 5) is 0. The van der Waals surface area contributed by atoms with Crippen molar-refractivity contribution in [3.05, 3.63) is 23.8 Å². The van der Waals surface area contributed by atoms with Crippen LogP contribution in [0, 0.1) is 5.92 Å². The molecule has 0 aromatic heterocycles. The molecule has 2 rings (SSSR count). The van der Waals surface area contributed by atoms with Crippen LogP contribution < -0.4 is 10.1 Å². The molecule has 1 aromatic carbocycles. The second kappa shape index (κ2) is 5.95. The number of hydrogen-bond donors (Lipinski definition) is 1. The van der Waals surface area contributed by atoms with E-state index in [0.717, 1.165) is 31.2 Å². The smallest absolute Gasteiger partial charge is 0.142 e. The van der Waals surface area contributed by atoms with Gasteiger partial charge in [0.15, 0.2) is 0 Å². The molecule has 17 heavy (non-hydrogen) atoms. The quantitative estimate of drug-likeness (QED) is 0.780. The van der Waals surface area contributed by atoms with E-state index in [4.69, 9.17) is 4.74 Å². The van der Waals surface area contributed by atoms with E-state index >= 15 is 0 Å². The van der Waals surface area contributed by atoms with E-state index in [0.29, 0.717) is 0 Å². The fraction of sp³-hybridized carbons (Fsp3) is 0.600. The van der Waals surface area contributed by atoms with Gasteiger partial charge in [0.05, 0.1) is 12.3 Å². The molecule has 0 atom stereocenters. The lowest BCUT2D eigenvalue weighted by Gasteiger charge is -2.21. The summed E-state index contributed by atoms with van der Waals surface area (Å²) >= 11 is 0. The Bertz CT molecular complexity index is 360. The van der Waals surface area contributed by atoms with E-state index < -0.39 is 0 Å². The zero-order chi connectivity index (χ0) is 12.1. The highest BCUT2D eigenvalue weighted by Crippen LogP contribution is 2.32. The van der Waals surface area contributed by atoms with Crippen LogP contribution in [0.4, 0.5) is 5.69 Å². The number of rotatable bonds is 5. The average Bonchev–Trinajstić information content (AvgIpc) is 2.34. The van der Waals surface area contributed by atoms with Gasteiger partial charge in [0, 0.05) is 6.54 Å². The molecule has 0 saturated heterocycles. The molecule has 1 heterocycles. The molecule has 0 aliphatic carbocycles. The Labute approximate surface area is 104 Å². The fourth-order valence-corrected chi connectivity index (χ4v) is 2.27.